The number of hydrogen-bond donors (Lipinski definition) is 2. The first kappa shape index (κ1) is 17.3. The number of carbonyl (C=O) groups is 1. The Bertz CT molecular complexity index is 900. The lowest BCUT2D eigenvalue weighted by Gasteiger charge is -2.11. The summed E-state index contributed by atoms with van der Waals surface area (Å²) in [6.45, 7) is 2.05. The molecule has 0 fully saturated rings. The van der Waals surface area contributed by atoms with Crippen molar-refractivity contribution in [1.29, 1.82) is 0 Å². The first-order valence-corrected chi connectivity index (χ1v) is 8.04. The van der Waals surface area contributed by atoms with E-state index in [-0.39, 0.29) is 5.82 Å². The molecule has 2 N–H and O–H groups in total. The molecule has 0 atom stereocenters. The maximum Gasteiger partial charge on any atom is 0.340 e. The van der Waals surface area contributed by atoms with Gasteiger partial charge in [0.25, 0.3) is 0 Å². The molecule has 6 nitrogen and oxygen atoms in total. The van der Waals surface area contributed by atoms with E-state index in [1.54, 1.807) is 49.5 Å². The van der Waals surface area contributed by atoms with Crippen LogP contribution in [0.15, 0.2) is 60.8 Å². The number of esters is 1. The van der Waals surface area contributed by atoms with Crippen LogP contribution in [0.2, 0.25) is 0 Å². The van der Waals surface area contributed by atoms with Gasteiger partial charge in [-0.1, -0.05) is 12.1 Å². The molecule has 0 bridgehead atoms. The summed E-state index contributed by atoms with van der Waals surface area (Å²) in [4.78, 5) is 20.5. The van der Waals surface area contributed by atoms with Crippen LogP contribution in [-0.2, 0) is 4.74 Å². The molecule has 0 amide bonds. The molecule has 2 aromatic carbocycles. The van der Waals surface area contributed by atoms with Gasteiger partial charge in [0, 0.05) is 11.9 Å². The van der Waals surface area contributed by atoms with Crippen molar-refractivity contribution in [3.8, 4) is 0 Å². The molecule has 26 heavy (non-hydrogen) atoms. The van der Waals surface area contributed by atoms with Gasteiger partial charge in [-0.15, -0.1) is 0 Å². The second-order valence-electron chi connectivity index (χ2n) is 5.29. The number of aromatic nitrogens is 2. The molecule has 3 aromatic rings. The fourth-order valence-electron chi connectivity index (χ4n) is 2.27. The molecule has 0 radical (unpaired) electrons. The van der Waals surface area contributed by atoms with Crippen molar-refractivity contribution in [2.45, 2.75) is 6.92 Å². The van der Waals surface area contributed by atoms with E-state index in [9.17, 15) is 9.18 Å². The van der Waals surface area contributed by atoms with Gasteiger partial charge in [0.05, 0.1) is 17.9 Å². The van der Waals surface area contributed by atoms with E-state index in [1.165, 1.54) is 12.1 Å². The van der Waals surface area contributed by atoms with E-state index in [0.717, 1.165) is 0 Å². The van der Waals surface area contributed by atoms with Crippen molar-refractivity contribution in [2.24, 2.45) is 0 Å². The Hall–Kier alpha value is -3.48. The number of para-hydroxylation sites is 1. The van der Waals surface area contributed by atoms with Crippen LogP contribution in [0.4, 0.5) is 27.5 Å². The molecule has 0 aliphatic heterocycles. The van der Waals surface area contributed by atoms with Gasteiger partial charge in [-0.25, -0.2) is 14.2 Å². The van der Waals surface area contributed by atoms with Crippen molar-refractivity contribution < 1.29 is 13.9 Å². The third-order valence-electron chi connectivity index (χ3n) is 3.44. The van der Waals surface area contributed by atoms with Gasteiger partial charge in [0.1, 0.15) is 11.6 Å². The summed E-state index contributed by atoms with van der Waals surface area (Å²) in [6.07, 6.45) is 1.58. The summed E-state index contributed by atoms with van der Waals surface area (Å²) in [5.74, 6) is 0.119. The number of benzene rings is 2. The van der Waals surface area contributed by atoms with E-state index < -0.39 is 5.97 Å². The quantitative estimate of drug-likeness (QED) is 0.645. The van der Waals surface area contributed by atoms with Crippen LogP contribution in [0.1, 0.15) is 17.3 Å². The van der Waals surface area contributed by atoms with Gasteiger partial charge in [0.2, 0.25) is 5.95 Å². The van der Waals surface area contributed by atoms with Crippen LogP contribution >= 0.6 is 0 Å². The molecule has 0 saturated heterocycles. The van der Waals surface area contributed by atoms with E-state index in [2.05, 4.69) is 20.6 Å². The van der Waals surface area contributed by atoms with Gasteiger partial charge in [0.15, 0.2) is 0 Å². The molecule has 7 heteroatoms. The van der Waals surface area contributed by atoms with Crippen LogP contribution in [0.3, 0.4) is 0 Å². The zero-order valence-corrected chi connectivity index (χ0v) is 14.1. The van der Waals surface area contributed by atoms with Crippen molar-refractivity contribution >= 4 is 29.1 Å². The summed E-state index contributed by atoms with van der Waals surface area (Å²) >= 11 is 0. The number of nitrogens with zero attached hydrogens (tertiary/aromatic N) is 2. The molecule has 1 aromatic heterocycles. The van der Waals surface area contributed by atoms with Crippen molar-refractivity contribution in [2.75, 3.05) is 17.2 Å². The third-order valence-corrected chi connectivity index (χ3v) is 3.44. The Labute approximate surface area is 150 Å². The average molecular weight is 352 g/mol. The standard InChI is InChI=1S/C19H17FN4O2/c1-2-26-18(25)15-5-3-4-6-16(15)23-17-11-12-21-19(24-17)22-14-9-7-13(20)8-10-14/h3-12H,2H2,1H3,(H2,21,22,23,24). The highest BCUT2D eigenvalue weighted by atomic mass is 19.1. The molecular formula is C19H17FN4O2. The Kier molecular flexibility index (Phi) is 5.38. The second kappa shape index (κ2) is 8.06. The molecule has 0 spiro atoms. The number of hydrogen-bond acceptors (Lipinski definition) is 6. The normalized spacial score (nSPS) is 10.2. The SMILES string of the molecule is CCOC(=O)c1ccccc1Nc1ccnc(Nc2ccc(F)cc2)n1. The number of anilines is 4. The molecule has 0 aliphatic rings. The van der Waals surface area contributed by atoms with Gasteiger partial charge in [-0.3, -0.25) is 0 Å². The monoisotopic (exact) mass is 352 g/mol. The second-order valence-corrected chi connectivity index (χ2v) is 5.29. The Morgan fingerprint density at radius 1 is 1.08 bits per heavy atom. The highest BCUT2D eigenvalue weighted by molar-refractivity contribution is 5.96. The summed E-state index contributed by atoms with van der Waals surface area (Å²) in [7, 11) is 0. The van der Waals surface area contributed by atoms with Crippen LogP contribution in [0, 0.1) is 5.82 Å². The van der Waals surface area contributed by atoms with E-state index in [0.29, 0.717) is 35.3 Å². The number of halogens is 1. The van der Waals surface area contributed by atoms with Crippen LogP contribution in [-0.4, -0.2) is 22.5 Å². The smallest absolute Gasteiger partial charge is 0.340 e. The van der Waals surface area contributed by atoms with Crippen molar-refractivity contribution in [3.63, 3.8) is 0 Å². The maximum atomic E-state index is 13.0. The van der Waals surface area contributed by atoms with Crippen molar-refractivity contribution in [3.05, 3.63) is 72.2 Å². The predicted molar refractivity (Wildman–Crippen MR) is 97.4 cm³/mol. The van der Waals surface area contributed by atoms with Crippen LogP contribution in [0.25, 0.3) is 0 Å². The number of carbonyl (C=O) groups excluding carboxylic acids is 1. The van der Waals surface area contributed by atoms with E-state index in [4.69, 9.17) is 4.74 Å². The molecule has 1 heterocycles. The molecule has 132 valence electrons. The minimum atomic E-state index is -0.408. The highest BCUT2D eigenvalue weighted by Gasteiger charge is 2.12. The first-order valence-electron chi connectivity index (χ1n) is 8.04. The highest BCUT2D eigenvalue weighted by Crippen LogP contribution is 2.21. The van der Waals surface area contributed by atoms with Crippen molar-refractivity contribution in [1.82, 2.24) is 9.97 Å². The van der Waals surface area contributed by atoms with Gasteiger partial charge in [-0.05, 0) is 49.4 Å². The summed E-state index contributed by atoms with van der Waals surface area (Å²) in [5.41, 5.74) is 1.66. The van der Waals surface area contributed by atoms with Gasteiger partial charge >= 0.3 is 5.97 Å². The van der Waals surface area contributed by atoms with Crippen LogP contribution in [0.5, 0.6) is 0 Å². The van der Waals surface area contributed by atoms with E-state index >= 15 is 0 Å². The largest absolute Gasteiger partial charge is 0.462 e. The molecule has 0 saturated carbocycles. The zero-order chi connectivity index (χ0) is 18.4. The number of rotatable bonds is 6. The lowest BCUT2D eigenvalue weighted by molar-refractivity contribution is 0.0527. The lowest BCUT2D eigenvalue weighted by Crippen LogP contribution is -2.08. The van der Waals surface area contributed by atoms with Crippen LogP contribution < -0.4 is 10.6 Å². The average Bonchev–Trinajstić information content (AvgIpc) is 2.65. The summed E-state index contributed by atoms with van der Waals surface area (Å²) in [6, 6.07) is 14.6. The van der Waals surface area contributed by atoms with Gasteiger partial charge < -0.3 is 15.4 Å². The lowest BCUT2D eigenvalue weighted by atomic mass is 10.2. The predicted octanol–water partition coefficient (Wildman–Crippen LogP) is 4.28. The summed E-state index contributed by atoms with van der Waals surface area (Å²) < 4.78 is 18.0. The fourth-order valence-corrected chi connectivity index (χ4v) is 2.27. The molecule has 0 aliphatic carbocycles. The number of nitrogens with one attached hydrogen (secondary N) is 2. The zero-order valence-electron chi connectivity index (χ0n) is 14.1. The Morgan fingerprint density at radius 3 is 2.62 bits per heavy atom. The number of ether oxygens (including phenoxy) is 1. The Morgan fingerprint density at radius 2 is 1.85 bits per heavy atom. The third kappa shape index (κ3) is 4.32. The molecular weight excluding hydrogens is 335 g/mol. The van der Waals surface area contributed by atoms with E-state index in [1.807, 2.05) is 6.07 Å². The topological polar surface area (TPSA) is 76.1 Å². The first-order chi connectivity index (χ1) is 12.7. The minimum Gasteiger partial charge on any atom is -0.462 e. The molecule has 0 unspecified atom stereocenters. The summed E-state index contributed by atoms with van der Waals surface area (Å²) in [5, 5.41) is 6.09. The maximum absolute atomic E-state index is 13.0. The van der Waals surface area contributed by atoms with Gasteiger partial charge in [-0.2, -0.15) is 4.98 Å². The minimum absolute atomic E-state index is 0.298. The Balaban J connectivity index is 1.79. The fraction of sp³-hybridized carbons (Fsp3) is 0.105. The molecule has 3 rings (SSSR count).